The van der Waals surface area contributed by atoms with E-state index >= 15 is 0 Å². The highest BCUT2D eigenvalue weighted by Gasteiger charge is 2.31. The van der Waals surface area contributed by atoms with Crippen LogP contribution >= 0.6 is 0 Å². The number of nitrogens with one attached hydrogen (secondary N) is 4. The minimum Gasteiger partial charge on any atom is -0.321 e. The molecule has 0 aliphatic carbocycles. The van der Waals surface area contributed by atoms with Crippen LogP contribution < -0.4 is 20.4 Å². The summed E-state index contributed by atoms with van der Waals surface area (Å²) in [4.78, 5) is 27.5. The quantitative estimate of drug-likeness (QED) is 0.545. The predicted octanol–water partition coefficient (Wildman–Crippen LogP) is 0.192. The minimum atomic E-state index is -0.326. The summed E-state index contributed by atoms with van der Waals surface area (Å²) >= 11 is 0. The van der Waals surface area contributed by atoms with Gasteiger partial charge in [-0.3, -0.25) is 9.59 Å². The number of para-hydroxylation sites is 1. The summed E-state index contributed by atoms with van der Waals surface area (Å²) in [6, 6.07) is 11.6. The highest BCUT2D eigenvalue weighted by molar-refractivity contribution is 5.94. The molecule has 0 spiro atoms. The highest BCUT2D eigenvalue weighted by atomic mass is 19.1. The van der Waals surface area contributed by atoms with Gasteiger partial charge in [0.15, 0.2) is 12.6 Å². The van der Waals surface area contributed by atoms with E-state index in [9.17, 15) is 14.0 Å². The minimum absolute atomic E-state index is 0.0213. The summed E-state index contributed by atoms with van der Waals surface area (Å²) < 4.78 is 13.0. The van der Waals surface area contributed by atoms with Gasteiger partial charge in [-0.1, -0.05) is 18.2 Å². The first-order valence-corrected chi connectivity index (χ1v) is 10.4. The van der Waals surface area contributed by atoms with Crippen molar-refractivity contribution in [1.82, 2.24) is 0 Å². The smallest absolute Gasteiger partial charge is 0.282 e. The van der Waals surface area contributed by atoms with E-state index in [1.165, 1.54) is 21.9 Å². The molecule has 0 aromatic heterocycles. The van der Waals surface area contributed by atoms with Crippen LogP contribution in [0.3, 0.4) is 0 Å². The Bertz CT molecular complexity index is 872. The molecule has 1 saturated heterocycles. The average molecular weight is 415 g/mol. The predicted molar refractivity (Wildman–Crippen MR) is 115 cm³/mol. The lowest BCUT2D eigenvalue weighted by Gasteiger charge is -2.32. The molecule has 0 unspecified atom stereocenters. The first-order chi connectivity index (χ1) is 14.3. The van der Waals surface area contributed by atoms with Gasteiger partial charge < -0.3 is 20.4 Å². The molecule has 7 heteroatoms. The van der Waals surface area contributed by atoms with E-state index in [0.717, 1.165) is 43.0 Å². The highest BCUT2D eigenvalue weighted by Crippen LogP contribution is 2.18. The van der Waals surface area contributed by atoms with E-state index in [2.05, 4.69) is 10.6 Å². The normalized spacial score (nSPS) is 19.7. The fourth-order valence-corrected chi connectivity index (χ4v) is 3.93. The van der Waals surface area contributed by atoms with Gasteiger partial charge in [0, 0.05) is 11.4 Å². The Labute approximate surface area is 177 Å². The number of benzene rings is 2. The molecule has 1 atom stereocenters. The third-order valence-corrected chi connectivity index (χ3v) is 5.87. The molecule has 0 radical (unpaired) electrons. The van der Waals surface area contributed by atoms with Crippen LogP contribution in [0.5, 0.6) is 0 Å². The SMILES string of the molecule is Cc1cccc(C)c1NC(=O)C[NH+]1CC[NH+]([C@@H](C)C(=O)Nc2ccc(F)cc2)CC1. The van der Waals surface area contributed by atoms with Crippen LogP contribution in [-0.2, 0) is 9.59 Å². The maximum Gasteiger partial charge on any atom is 0.282 e. The molecule has 2 amide bonds. The van der Waals surface area contributed by atoms with Crippen LogP contribution in [-0.4, -0.2) is 50.6 Å². The van der Waals surface area contributed by atoms with Crippen LogP contribution in [0.2, 0.25) is 0 Å². The first-order valence-electron chi connectivity index (χ1n) is 10.4. The van der Waals surface area contributed by atoms with E-state index in [1.807, 2.05) is 39.0 Å². The van der Waals surface area contributed by atoms with Crippen molar-refractivity contribution in [3.05, 3.63) is 59.4 Å². The van der Waals surface area contributed by atoms with Crippen molar-refractivity contribution in [2.45, 2.75) is 26.8 Å². The second-order valence-corrected chi connectivity index (χ2v) is 8.12. The van der Waals surface area contributed by atoms with Crippen molar-refractivity contribution >= 4 is 23.2 Å². The summed E-state index contributed by atoms with van der Waals surface area (Å²) in [5.41, 5.74) is 3.62. The third kappa shape index (κ3) is 5.64. The number of aryl methyl sites for hydroxylation is 2. The average Bonchev–Trinajstić information content (AvgIpc) is 2.72. The molecule has 2 aromatic rings. The fraction of sp³-hybridized carbons (Fsp3) is 0.391. The number of halogens is 1. The molecule has 1 fully saturated rings. The Hall–Kier alpha value is -2.77. The maximum atomic E-state index is 13.0. The van der Waals surface area contributed by atoms with E-state index in [-0.39, 0.29) is 23.7 Å². The molecular weight excluding hydrogens is 383 g/mol. The number of quaternary nitrogens is 2. The zero-order valence-electron chi connectivity index (χ0n) is 17.8. The fourth-order valence-electron chi connectivity index (χ4n) is 3.93. The van der Waals surface area contributed by atoms with Gasteiger partial charge in [0.1, 0.15) is 32.0 Å². The molecule has 6 nitrogen and oxygen atoms in total. The van der Waals surface area contributed by atoms with Crippen LogP contribution in [0.15, 0.2) is 42.5 Å². The molecule has 160 valence electrons. The Morgan fingerprint density at radius 3 is 2.17 bits per heavy atom. The number of rotatable bonds is 6. The molecule has 4 N–H and O–H groups in total. The summed E-state index contributed by atoms with van der Waals surface area (Å²) in [6.45, 7) is 9.65. The van der Waals surface area contributed by atoms with E-state index in [0.29, 0.717) is 12.2 Å². The molecule has 2 aromatic carbocycles. The second-order valence-electron chi connectivity index (χ2n) is 8.12. The summed E-state index contributed by atoms with van der Waals surface area (Å²) in [6.07, 6.45) is 0. The van der Waals surface area contributed by atoms with Crippen molar-refractivity contribution in [1.29, 1.82) is 0 Å². The van der Waals surface area contributed by atoms with Crippen molar-refractivity contribution in [2.24, 2.45) is 0 Å². The molecule has 30 heavy (non-hydrogen) atoms. The maximum absolute atomic E-state index is 13.0. The van der Waals surface area contributed by atoms with Gasteiger partial charge in [-0.15, -0.1) is 0 Å². The zero-order chi connectivity index (χ0) is 21.7. The zero-order valence-corrected chi connectivity index (χ0v) is 17.8. The van der Waals surface area contributed by atoms with Crippen LogP contribution in [0.1, 0.15) is 18.1 Å². The van der Waals surface area contributed by atoms with Crippen LogP contribution in [0.4, 0.5) is 15.8 Å². The molecule has 1 aliphatic rings. The Morgan fingerprint density at radius 1 is 0.967 bits per heavy atom. The molecule has 1 heterocycles. The number of piperazine rings is 1. The number of hydrogen-bond donors (Lipinski definition) is 4. The lowest BCUT2D eigenvalue weighted by molar-refractivity contribution is -1.01. The molecular formula is C23H31FN4O2+2. The lowest BCUT2D eigenvalue weighted by Crippen LogP contribution is -3.30. The Morgan fingerprint density at radius 2 is 1.57 bits per heavy atom. The number of carbonyl (C=O) groups is 2. The third-order valence-electron chi connectivity index (χ3n) is 5.87. The number of anilines is 2. The lowest BCUT2D eigenvalue weighted by atomic mass is 10.1. The summed E-state index contributed by atoms with van der Waals surface area (Å²) in [7, 11) is 0. The molecule has 1 aliphatic heterocycles. The van der Waals surface area contributed by atoms with Gasteiger partial charge in [0.05, 0.1) is 0 Å². The van der Waals surface area contributed by atoms with Gasteiger partial charge in [-0.2, -0.15) is 0 Å². The second kappa shape index (κ2) is 9.82. The number of amides is 2. The van der Waals surface area contributed by atoms with Gasteiger partial charge >= 0.3 is 0 Å². The largest absolute Gasteiger partial charge is 0.321 e. The summed E-state index contributed by atoms with van der Waals surface area (Å²) in [5.74, 6) is -0.381. The van der Waals surface area contributed by atoms with Gasteiger partial charge in [0.25, 0.3) is 11.8 Å². The molecule has 0 bridgehead atoms. The summed E-state index contributed by atoms with van der Waals surface area (Å²) in [5, 5.41) is 5.90. The van der Waals surface area contributed by atoms with E-state index in [4.69, 9.17) is 0 Å². The Kier molecular flexibility index (Phi) is 7.18. The number of hydrogen-bond acceptors (Lipinski definition) is 2. The topological polar surface area (TPSA) is 67.1 Å². The standard InChI is InChI=1S/C23H29FN4O2/c1-16-5-4-6-17(2)22(16)26-21(29)15-27-11-13-28(14-12-27)18(3)23(30)25-20-9-7-19(24)8-10-20/h4-10,18H,11-15H2,1-3H3,(H,25,30)(H,26,29)/p+2/t18-/m0/s1. The van der Waals surface area contributed by atoms with Gasteiger partial charge in [-0.05, 0) is 56.2 Å². The van der Waals surface area contributed by atoms with Crippen LogP contribution in [0.25, 0.3) is 0 Å². The number of carbonyl (C=O) groups excluding carboxylic acids is 2. The molecule has 0 saturated carbocycles. The van der Waals surface area contributed by atoms with E-state index in [1.54, 1.807) is 12.1 Å². The van der Waals surface area contributed by atoms with Crippen molar-refractivity contribution in [3.8, 4) is 0 Å². The van der Waals surface area contributed by atoms with Crippen molar-refractivity contribution in [2.75, 3.05) is 43.4 Å². The van der Waals surface area contributed by atoms with Crippen molar-refractivity contribution in [3.63, 3.8) is 0 Å². The van der Waals surface area contributed by atoms with Crippen LogP contribution in [0, 0.1) is 19.7 Å². The van der Waals surface area contributed by atoms with Gasteiger partial charge in [0.2, 0.25) is 0 Å². The first kappa shape index (κ1) is 21.9. The van der Waals surface area contributed by atoms with Gasteiger partial charge in [-0.25, -0.2) is 4.39 Å². The van der Waals surface area contributed by atoms with Crippen molar-refractivity contribution < 1.29 is 23.8 Å². The molecule has 3 rings (SSSR count). The Balaban J connectivity index is 1.46. The monoisotopic (exact) mass is 414 g/mol. The van der Waals surface area contributed by atoms with E-state index < -0.39 is 0 Å².